The molecule has 20 heavy (non-hydrogen) atoms. The van der Waals surface area contributed by atoms with E-state index in [0.29, 0.717) is 12.1 Å². The Morgan fingerprint density at radius 3 is 2.90 bits per heavy atom. The van der Waals surface area contributed by atoms with Gasteiger partial charge in [-0.3, -0.25) is 4.68 Å². The normalized spacial score (nSPS) is 20.6. The molecule has 0 bridgehead atoms. The van der Waals surface area contributed by atoms with Crippen LogP contribution in [0.4, 0.5) is 0 Å². The van der Waals surface area contributed by atoms with Crippen LogP contribution >= 0.6 is 0 Å². The first-order valence-electron chi connectivity index (χ1n) is 8.18. The van der Waals surface area contributed by atoms with Crippen molar-refractivity contribution < 1.29 is 0 Å². The third kappa shape index (κ3) is 4.20. The van der Waals surface area contributed by atoms with E-state index >= 15 is 0 Å². The molecule has 1 N–H and O–H groups in total. The molecule has 1 aliphatic rings. The van der Waals surface area contributed by atoms with Crippen LogP contribution in [0.3, 0.4) is 0 Å². The van der Waals surface area contributed by atoms with Gasteiger partial charge < -0.3 is 5.32 Å². The quantitative estimate of drug-likeness (QED) is 0.844. The van der Waals surface area contributed by atoms with E-state index in [0.717, 1.165) is 25.0 Å². The topological polar surface area (TPSA) is 29.9 Å². The molecule has 0 aliphatic carbocycles. The largest absolute Gasteiger partial charge is 0.314 e. The average molecular weight is 275 g/mol. The van der Waals surface area contributed by atoms with Crippen LogP contribution in [0.15, 0.2) is 17.8 Å². The van der Waals surface area contributed by atoms with E-state index in [1.165, 1.54) is 31.4 Å². The summed E-state index contributed by atoms with van der Waals surface area (Å²) < 4.78 is 2.12. The molecule has 0 saturated carbocycles. The molecule has 1 saturated heterocycles. The van der Waals surface area contributed by atoms with Gasteiger partial charge in [0.05, 0.1) is 11.7 Å². The molecule has 112 valence electrons. The molecule has 1 aromatic rings. The van der Waals surface area contributed by atoms with Crippen molar-refractivity contribution in [2.24, 2.45) is 0 Å². The van der Waals surface area contributed by atoms with Crippen LogP contribution in [0, 0.1) is 0 Å². The molecule has 1 aliphatic heterocycles. The smallest absolute Gasteiger partial charge is 0.0850 e. The highest BCUT2D eigenvalue weighted by Crippen LogP contribution is 2.18. The van der Waals surface area contributed by atoms with Gasteiger partial charge in [-0.05, 0) is 57.7 Å². The van der Waals surface area contributed by atoms with Crippen molar-refractivity contribution in [1.29, 1.82) is 0 Å². The van der Waals surface area contributed by atoms with E-state index in [1.807, 2.05) is 0 Å². The van der Waals surface area contributed by atoms with Gasteiger partial charge in [0.15, 0.2) is 0 Å². The van der Waals surface area contributed by atoms with E-state index in [-0.39, 0.29) is 0 Å². The number of nitrogens with zero attached hydrogens (tertiary/aromatic N) is 2. The zero-order chi connectivity index (χ0) is 14.4. The maximum absolute atomic E-state index is 4.71. The van der Waals surface area contributed by atoms with Gasteiger partial charge in [0.25, 0.3) is 0 Å². The fraction of sp³-hybridized carbons (Fsp3) is 0.706. The molecule has 1 aromatic heterocycles. The lowest BCUT2D eigenvalue weighted by atomic mass is 9.98. The van der Waals surface area contributed by atoms with E-state index in [4.69, 9.17) is 5.10 Å². The van der Waals surface area contributed by atoms with Crippen LogP contribution in [0.25, 0.3) is 6.08 Å². The summed E-state index contributed by atoms with van der Waals surface area (Å²) in [5, 5.41) is 8.32. The van der Waals surface area contributed by atoms with Crippen molar-refractivity contribution in [3.8, 4) is 0 Å². The Hall–Kier alpha value is -1.09. The van der Waals surface area contributed by atoms with Crippen LogP contribution in [-0.2, 0) is 0 Å². The second-order valence-electron chi connectivity index (χ2n) is 6.03. The maximum atomic E-state index is 4.71. The zero-order valence-electron chi connectivity index (χ0n) is 13.2. The Balaban J connectivity index is 1.95. The predicted octanol–water partition coefficient (Wildman–Crippen LogP) is 4.18. The summed E-state index contributed by atoms with van der Waals surface area (Å²) in [6.45, 7) is 7.87. The Morgan fingerprint density at radius 1 is 1.45 bits per heavy atom. The fourth-order valence-electron chi connectivity index (χ4n) is 3.09. The first kappa shape index (κ1) is 15.3. The molecular weight excluding hydrogens is 246 g/mol. The number of nitrogens with one attached hydrogen (secondary N) is 1. The van der Waals surface area contributed by atoms with Gasteiger partial charge in [-0.2, -0.15) is 5.10 Å². The van der Waals surface area contributed by atoms with E-state index in [9.17, 15) is 0 Å². The van der Waals surface area contributed by atoms with Crippen LogP contribution < -0.4 is 5.32 Å². The number of piperidine rings is 1. The molecular formula is C17H29N3. The minimum absolute atomic E-state index is 0.539. The molecule has 3 nitrogen and oxygen atoms in total. The zero-order valence-corrected chi connectivity index (χ0v) is 13.2. The van der Waals surface area contributed by atoms with Crippen molar-refractivity contribution >= 4 is 6.08 Å². The number of rotatable bonds is 6. The predicted molar refractivity (Wildman–Crippen MR) is 85.8 cm³/mol. The van der Waals surface area contributed by atoms with Crippen molar-refractivity contribution in [2.45, 2.75) is 71.4 Å². The third-order valence-corrected chi connectivity index (χ3v) is 4.32. The molecule has 2 heterocycles. The molecule has 1 fully saturated rings. The molecule has 1 unspecified atom stereocenters. The Labute approximate surface area is 123 Å². The number of hydrogen-bond donors (Lipinski definition) is 1. The van der Waals surface area contributed by atoms with Crippen LogP contribution in [-0.4, -0.2) is 22.4 Å². The SMILES string of the molecule is CCC(CC)n1ccc(/C=C(/C)CC2CCCCN2)n1. The van der Waals surface area contributed by atoms with E-state index < -0.39 is 0 Å². The monoisotopic (exact) mass is 275 g/mol. The summed E-state index contributed by atoms with van der Waals surface area (Å²) in [5.41, 5.74) is 2.53. The first-order chi connectivity index (χ1) is 9.72. The summed E-state index contributed by atoms with van der Waals surface area (Å²) >= 11 is 0. The van der Waals surface area contributed by atoms with Crippen LogP contribution in [0.2, 0.25) is 0 Å². The third-order valence-electron chi connectivity index (χ3n) is 4.32. The van der Waals surface area contributed by atoms with Crippen LogP contribution in [0.1, 0.15) is 71.0 Å². The van der Waals surface area contributed by atoms with Crippen molar-refractivity contribution in [2.75, 3.05) is 6.54 Å². The van der Waals surface area contributed by atoms with Gasteiger partial charge in [0.2, 0.25) is 0 Å². The molecule has 3 heteroatoms. The van der Waals surface area contributed by atoms with Crippen molar-refractivity contribution in [3.63, 3.8) is 0 Å². The lowest BCUT2D eigenvalue weighted by Gasteiger charge is -2.23. The maximum Gasteiger partial charge on any atom is 0.0850 e. The van der Waals surface area contributed by atoms with E-state index in [2.05, 4.69) is 49.1 Å². The Kier molecular flexibility index (Phi) is 5.84. The molecule has 0 radical (unpaired) electrons. The summed E-state index contributed by atoms with van der Waals surface area (Å²) in [4.78, 5) is 0. The Bertz CT molecular complexity index is 423. The standard InChI is InChI=1S/C17H29N3/c1-4-17(5-2)20-11-9-16(19-20)13-14(3)12-15-8-6-7-10-18-15/h9,11,13,15,17-18H,4-8,10,12H2,1-3H3/b14-13-. The van der Waals surface area contributed by atoms with Gasteiger partial charge >= 0.3 is 0 Å². The average Bonchev–Trinajstić information content (AvgIpc) is 2.89. The van der Waals surface area contributed by atoms with Gasteiger partial charge in [-0.1, -0.05) is 25.8 Å². The van der Waals surface area contributed by atoms with Gasteiger partial charge in [0.1, 0.15) is 0 Å². The highest BCUT2D eigenvalue weighted by molar-refractivity contribution is 5.47. The summed E-state index contributed by atoms with van der Waals surface area (Å²) in [7, 11) is 0. The first-order valence-corrected chi connectivity index (χ1v) is 8.18. The minimum Gasteiger partial charge on any atom is -0.314 e. The highest BCUT2D eigenvalue weighted by Gasteiger charge is 2.13. The molecule has 0 spiro atoms. The lowest BCUT2D eigenvalue weighted by Crippen LogP contribution is -2.33. The molecule has 1 atom stereocenters. The van der Waals surface area contributed by atoms with E-state index in [1.54, 1.807) is 0 Å². The van der Waals surface area contributed by atoms with Crippen molar-refractivity contribution in [1.82, 2.24) is 15.1 Å². The molecule has 0 amide bonds. The second-order valence-corrected chi connectivity index (χ2v) is 6.03. The summed E-state index contributed by atoms with van der Waals surface area (Å²) in [6, 6.07) is 3.34. The number of hydrogen-bond acceptors (Lipinski definition) is 2. The lowest BCUT2D eigenvalue weighted by molar-refractivity contribution is 0.399. The molecule has 2 rings (SSSR count). The second kappa shape index (κ2) is 7.63. The summed E-state index contributed by atoms with van der Waals surface area (Å²) in [6.07, 6.45) is 11.8. The number of aromatic nitrogens is 2. The fourth-order valence-corrected chi connectivity index (χ4v) is 3.09. The van der Waals surface area contributed by atoms with Gasteiger partial charge in [-0.25, -0.2) is 0 Å². The van der Waals surface area contributed by atoms with Crippen LogP contribution in [0.5, 0.6) is 0 Å². The van der Waals surface area contributed by atoms with Crippen molar-refractivity contribution in [3.05, 3.63) is 23.5 Å². The highest BCUT2D eigenvalue weighted by atomic mass is 15.3. The Morgan fingerprint density at radius 2 is 2.25 bits per heavy atom. The van der Waals surface area contributed by atoms with Gasteiger partial charge in [-0.15, -0.1) is 0 Å². The summed E-state index contributed by atoms with van der Waals surface area (Å²) in [5.74, 6) is 0. The minimum atomic E-state index is 0.539. The molecule has 0 aromatic carbocycles. The van der Waals surface area contributed by atoms with Gasteiger partial charge in [0, 0.05) is 12.2 Å².